The van der Waals surface area contributed by atoms with E-state index < -0.39 is 93.8 Å². The summed E-state index contributed by atoms with van der Waals surface area (Å²) in [4.78, 5) is 11.6. The number of carbonyl (C=O) groups is 1. The Kier molecular flexibility index (Phi) is 9.73. The predicted octanol–water partition coefficient (Wildman–Crippen LogP) is 1.42. The largest absolute Gasteiger partial charge is 0.479 e. The smallest absolute Gasteiger partial charge is 0.397 e. The normalized spacial score (nSPS) is 50.9. The molecule has 280 valence electrons. The van der Waals surface area contributed by atoms with E-state index in [2.05, 4.69) is 19.9 Å². The van der Waals surface area contributed by atoms with Gasteiger partial charge in [0.1, 0.15) is 24.4 Å². The van der Waals surface area contributed by atoms with Crippen molar-refractivity contribution in [3.8, 4) is 0 Å². The maximum atomic E-state index is 12.2. The van der Waals surface area contributed by atoms with Gasteiger partial charge in [-0.25, -0.2) is 8.98 Å². The molecule has 0 spiro atoms. The van der Waals surface area contributed by atoms with Crippen LogP contribution in [0.25, 0.3) is 0 Å². The standard InChI is InChI=1S/C34H54O14S/c1-14(2)15(3)23(35)29-34(6,41)28-22(46-29)13-19-17-12-21(48-49(42,43)44)20-11-16(7-9-32(20,4)18(17)8-10-33(19,28)5)45-31-26(38)24(36)25(37)27(47-31)30(39)40/h8,14-17,19-29,31,35-38,41H,7,9-13H2,1-6H3,(H,39,40)(H,42,43,44)/t15-,16-,17+,19-,20-,21-,22-,23-,24+,25-,26+,27+,28-,29-,31+,32+,33-,34+/m0/s1. The van der Waals surface area contributed by atoms with Crippen LogP contribution in [0.5, 0.6) is 0 Å². The Hall–Kier alpha value is -1.24. The van der Waals surface area contributed by atoms with Gasteiger partial charge in [-0.2, -0.15) is 8.42 Å². The molecule has 0 unspecified atom stereocenters. The van der Waals surface area contributed by atoms with Crippen molar-refractivity contribution in [2.45, 2.75) is 147 Å². The van der Waals surface area contributed by atoms with Crippen LogP contribution in [0.1, 0.15) is 80.1 Å². The maximum absolute atomic E-state index is 12.2. The van der Waals surface area contributed by atoms with Crippen molar-refractivity contribution in [1.82, 2.24) is 0 Å². The molecule has 6 aliphatic rings. The Morgan fingerprint density at radius 3 is 2.29 bits per heavy atom. The Bertz CT molecular complexity index is 1420. The maximum Gasteiger partial charge on any atom is 0.397 e. The SMILES string of the molecule is CC(C)[C@H](C)[C@H](O)[C@@H]1O[C@H]2C[C@H]3[C@@H]4C[C@H](OS(=O)(=O)O)[C@@H]5C[C@@H](O[C@@H]6O[C@@H](C(=O)O)[C@@H](O)[C@@H](O)[C@H]6O)CC[C@]5(C)C4=CC[C@]3(C)[C@H]2[C@@]1(C)O. The van der Waals surface area contributed by atoms with Gasteiger partial charge in [-0.15, -0.1) is 0 Å². The van der Waals surface area contributed by atoms with Crippen LogP contribution in [0.3, 0.4) is 0 Å². The highest BCUT2D eigenvalue weighted by Crippen LogP contribution is 2.69. The first-order valence-corrected chi connectivity index (χ1v) is 19.0. The van der Waals surface area contributed by atoms with E-state index in [1.54, 1.807) is 6.92 Å². The zero-order chi connectivity index (χ0) is 36.2. The fraction of sp³-hybridized carbons (Fsp3) is 0.912. The summed E-state index contributed by atoms with van der Waals surface area (Å²) >= 11 is 0. The third-order valence-electron chi connectivity index (χ3n) is 13.8. The van der Waals surface area contributed by atoms with Gasteiger partial charge in [0.05, 0.1) is 30.0 Å². The average Bonchev–Trinajstić information content (AvgIpc) is 3.46. The number of aliphatic hydroxyl groups excluding tert-OH is 4. The summed E-state index contributed by atoms with van der Waals surface area (Å²) in [5.74, 6) is -2.31. The first kappa shape index (κ1) is 37.5. The topological polar surface area (TPSA) is 230 Å². The molecule has 15 heteroatoms. The molecule has 18 atom stereocenters. The van der Waals surface area contributed by atoms with Gasteiger partial charge >= 0.3 is 16.4 Å². The highest BCUT2D eigenvalue weighted by molar-refractivity contribution is 7.80. The molecule has 3 saturated carbocycles. The molecule has 49 heavy (non-hydrogen) atoms. The first-order chi connectivity index (χ1) is 22.6. The van der Waals surface area contributed by atoms with Gasteiger partial charge in [-0.3, -0.25) is 4.55 Å². The molecule has 0 amide bonds. The highest BCUT2D eigenvalue weighted by atomic mass is 32.3. The Labute approximate surface area is 287 Å². The quantitative estimate of drug-likeness (QED) is 0.107. The molecule has 0 aromatic rings. The average molecular weight is 719 g/mol. The second-order valence-corrected chi connectivity index (χ2v) is 17.8. The molecule has 0 bridgehead atoms. The van der Waals surface area contributed by atoms with Crippen molar-refractivity contribution < 1.29 is 66.8 Å². The van der Waals surface area contributed by atoms with Crippen molar-refractivity contribution >= 4 is 16.4 Å². The fourth-order valence-corrected chi connectivity index (χ4v) is 11.5. The van der Waals surface area contributed by atoms with Gasteiger partial charge in [0, 0.05) is 5.92 Å². The van der Waals surface area contributed by atoms with E-state index in [1.807, 2.05) is 20.8 Å². The van der Waals surface area contributed by atoms with Gasteiger partial charge < -0.3 is 44.8 Å². The van der Waals surface area contributed by atoms with Gasteiger partial charge in [0.25, 0.3) is 0 Å². The Morgan fingerprint density at radius 1 is 1.00 bits per heavy atom. The summed E-state index contributed by atoms with van der Waals surface area (Å²) < 4.78 is 57.7. The van der Waals surface area contributed by atoms with Crippen LogP contribution in [-0.4, -0.2) is 116 Å². The molecule has 0 aromatic heterocycles. The van der Waals surface area contributed by atoms with Crippen LogP contribution in [-0.2, 0) is 33.6 Å². The number of ether oxygens (including phenoxy) is 3. The van der Waals surface area contributed by atoms with Gasteiger partial charge in [-0.1, -0.05) is 46.3 Å². The predicted molar refractivity (Wildman–Crippen MR) is 171 cm³/mol. The number of rotatable bonds is 8. The van der Waals surface area contributed by atoms with E-state index in [4.69, 9.17) is 18.4 Å². The van der Waals surface area contributed by atoms with Gasteiger partial charge in [-0.05, 0) is 85.9 Å². The second kappa shape index (κ2) is 12.7. The number of aliphatic carboxylic acids is 1. The zero-order valence-electron chi connectivity index (χ0n) is 29.0. The molecule has 14 nitrogen and oxygen atoms in total. The lowest BCUT2D eigenvalue weighted by molar-refractivity contribution is -0.309. The lowest BCUT2D eigenvalue weighted by atomic mass is 9.47. The van der Waals surface area contributed by atoms with Crippen LogP contribution in [0, 0.1) is 46.3 Å². The van der Waals surface area contributed by atoms with Crippen LogP contribution in [0.4, 0.5) is 0 Å². The molecule has 0 aromatic carbocycles. The molecule has 2 heterocycles. The van der Waals surface area contributed by atoms with Crippen molar-refractivity contribution in [2.75, 3.05) is 0 Å². The summed E-state index contributed by atoms with van der Waals surface area (Å²) in [5.41, 5.74) is -1.14. The molecular formula is C34H54O14S. The summed E-state index contributed by atoms with van der Waals surface area (Å²) in [6, 6.07) is 0. The number of carboxylic acids is 1. The molecular weight excluding hydrogens is 664 g/mol. The van der Waals surface area contributed by atoms with Crippen molar-refractivity contribution in [3.63, 3.8) is 0 Å². The number of allylic oxidation sites excluding steroid dienone is 2. The van der Waals surface area contributed by atoms with Crippen LogP contribution in [0.15, 0.2) is 11.6 Å². The number of carboxylic acid groups (broad SMARTS) is 1. The van der Waals surface area contributed by atoms with Crippen LogP contribution < -0.4 is 0 Å². The van der Waals surface area contributed by atoms with E-state index in [1.165, 1.54) is 0 Å². The van der Waals surface area contributed by atoms with Gasteiger partial charge in [0.15, 0.2) is 12.4 Å². The summed E-state index contributed by atoms with van der Waals surface area (Å²) in [5, 5.41) is 63.7. The van der Waals surface area contributed by atoms with E-state index >= 15 is 0 Å². The summed E-state index contributed by atoms with van der Waals surface area (Å²) in [6.45, 7) is 12.0. The molecule has 2 saturated heterocycles. The third-order valence-corrected chi connectivity index (χ3v) is 14.3. The number of aliphatic hydroxyl groups is 5. The molecule has 5 fully saturated rings. The number of hydrogen-bond acceptors (Lipinski definition) is 12. The molecule has 2 aliphatic heterocycles. The second-order valence-electron chi connectivity index (χ2n) is 16.8. The van der Waals surface area contributed by atoms with Crippen LogP contribution in [0.2, 0.25) is 0 Å². The van der Waals surface area contributed by atoms with E-state index in [9.17, 15) is 48.4 Å². The molecule has 4 aliphatic carbocycles. The molecule has 0 radical (unpaired) electrons. The van der Waals surface area contributed by atoms with Crippen LogP contribution >= 0.6 is 0 Å². The Morgan fingerprint density at radius 2 is 1.67 bits per heavy atom. The van der Waals surface area contributed by atoms with Gasteiger partial charge in [0.2, 0.25) is 0 Å². The van der Waals surface area contributed by atoms with Crippen molar-refractivity contribution in [2.24, 2.45) is 46.3 Å². The third kappa shape index (κ3) is 6.12. The number of hydrogen-bond donors (Lipinski definition) is 7. The molecule has 6 rings (SSSR count). The minimum absolute atomic E-state index is 0.000452. The first-order valence-electron chi connectivity index (χ1n) is 17.6. The van der Waals surface area contributed by atoms with E-state index in [0.717, 1.165) is 5.57 Å². The fourth-order valence-electron chi connectivity index (χ4n) is 11.0. The van der Waals surface area contributed by atoms with E-state index in [0.29, 0.717) is 25.7 Å². The summed E-state index contributed by atoms with van der Waals surface area (Å²) in [6.07, 6.45) is -7.38. The zero-order valence-corrected chi connectivity index (χ0v) is 29.8. The lowest BCUT2D eigenvalue weighted by Gasteiger charge is -2.59. The van der Waals surface area contributed by atoms with E-state index in [-0.39, 0.29) is 48.5 Å². The van der Waals surface area contributed by atoms with Crippen molar-refractivity contribution in [3.05, 3.63) is 11.6 Å². The molecule has 7 N–H and O–H groups in total. The Balaban J connectivity index is 1.27. The monoisotopic (exact) mass is 718 g/mol. The lowest BCUT2D eigenvalue weighted by Crippen LogP contribution is -2.61. The number of fused-ring (bicyclic) bond motifs is 7. The minimum Gasteiger partial charge on any atom is -0.479 e. The minimum atomic E-state index is -4.87. The summed E-state index contributed by atoms with van der Waals surface area (Å²) in [7, 11) is -4.87. The highest BCUT2D eigenvalue weighted by Gasteiger charge is 2.70. The van der Waals surface area contributed by atoms with Crippen molar-refractivity contribution in [1.29, 1.82) is 0 Å².